The molecule has 2 aliphatic heterocycles. The first kappa shape index (κ1) is 21.8. The van der Waals surface area contributed by atoms with Gasteiger partial charge in [0, 0.05) is 25.2 Å². The third-order valence-corrected chi connectivity index (χ3v) is 6.05. The van der Waals surface area contributed by atoms with Crippen molar-refractivity contribution in [1.82, 2.24) is 30.9 Å². The van der Waals surface area contributed by atoms with E-state index in [0.29, 0.717) is 38.3 Å². The number of anilines is 1. The molecular weight excluding hydrogens is 412 g/mol. The second kappa shape index (κ2) is 7.93. The summed E-state index contributed by atoms with van der Waals surface area (Å²) in [4.78, 5) is 47.3. The van der Waals surface area contributed by atoms with Crippen molar-refractivity contribution in [2.75, 3.05) is 24.6 Å². The fraction of sp³-hybridized carbons (Fsp3) is 0.619. The largest absolute Gasteiger partial charge is 0.336 e. The summed E-state index contributed by atoms with van der Waals surface area (Å²) in [6, 6.07) is 1.22. The molecule has 0 radical (unpaired) electrons. The molecule has 3 heterocycles. The molecule has 11 heteroatoms. The molecule has 170 valence electrons. The SMILES string of the molecule is CC(C)(C)CN(NC(=O)N1CCC2(CC1)NC(=O)NC2=O)c1nc(C#N)nc2c1CCC2. The van der Waals surface area contributed by atoms with E-state index in [1.807, 2.05) is 6.07 Å². The molecule has 2 saturated heterocycles. The van der Waals surface area contributed by atoms with Crippen LogP contribution in [0.1, 0.15) is 57.1 Å². The van der Waals surface area contributed by atoms with Crippen LogP contribution in [-0.2, 0) is 17.6 Å². The average molecular weight is 441 g/mol. The molecule has 0 saturated carbocycles. The lowest BCUT2D eigenvalue weighted by Crippen LogP contribution is -2.59. The summed E-state index contributed by atoms with van der Waals surface area (Å²) in [6.07, 6.45) is 3.22. The number of hydrazine groups is 1. The van der Waals surface area contributed by atoms with Crippen molar-refractivity contribution in [2.24, 2.45) is 5.41 Å². The van der Waals surface area contributed by atoms with E-state index in [1.54, 1.807) is 9.91 Å². The number of hydrogen-bond donors (Lipinski definition) is 3. The quantitative estimate of drug-likeness (QED) is 0.470. The maximum Gasteiger partial charge on any atom is 0.336 e. The fourth-order valence-corrected chi connectivity index (χ4v) is 4.49. The Labute approximate surface area is 186 Å². The van der Waals surface area contributed by atoms with Crippen molar-refractivity contribution in [1.29, 1.82) is 5.26 Å². The zero-order valence-electron chi connectivity index (χ0n) is 18.6. The van der Waals surface area contributed by atoms with E-state index in [9.17, 15) is 19.6 Å². The van der Waals surface area contributed by atoms with Gasteiger partial charge in [-0.05, 0) is 37.5 Å². The average Bonchev–Trinajstić information content (AvgIpc) is 3.30. The molecule has 1 aliphatic carbocycles. The minimum Gasteiger partial charge on any atom is -0.323 e. The molecule has 1 aromatic heterocycles. The van der Waals surface area contributed by atoms with Gasteiger partial charge in [0.15, 0.2) is 5.82 Å². The van der Waals surface area contributed by atoms with E-state index in [-0.39, 0.29) is 23.2 Å². The molecule has 4 rings (SSSR count). The van der Waals surface area contributed by atoms with Crippen molar-refractivity contribution in [2.45, 2.75) is 58.4 Å². The Morgan fingerprint density at radius 2 is 1.97 bits per heavy atom. The first-order chi connectivity index (χ1) is 15.1. The molecule has 2 fully saturated rings. The summed E-state index contributed by atoms with van der Waals surface area (Å²) >= 11 is 0. The molecule has 0 unspecified atom stereocenters. The number of carbonyl (C=O) groups excluding carboxylic acids is 3. The van der Waals surface area contributed by atoms with Crippen LogP contribution < -0.4 is 21.1 Å². The molecule has 0 aromatic carbocycles. The van der Waals surface area contributed by atoms with Gasteiger partial charge in [-0.1, -0.05) is 20.8 Å². The summed E-state index contributed by atoms with van der Waals surface area (Å²) in [7, 11) is 0. The van der Waals surface area contributed by atoms with E-state index < -0.39 is 11.6 Å². The number of aromatic nitrogens is 2. The van der Waals surface area contributed by atoms with Gasteiger partial charge in [0.05, 0.1) is 5.69 Å². The number of likely N-dealkylation sites (tertiary alicyclic amines) is 1. The van der Waals surface area contributed by atoms with Gasteiger partial charge >= 0.3 is 12.1 Å². The number of fused-ring (bicyclic) bond motifs is 1. The number of hydrogen-bond acceptors (Lipinski definition) is 7. The predicted octanol–water partition coefficient (Wildman–Crippen LogP) is 0.988. The Morgan fingerprint density at radius 1 is 1.25 bits per heavy atom. The Bertz CT molecular complexity index is 1000. The number of urea groups is 2. The highest BCUT2D eigenvalue weighted by Gasteiger charge is 2.48. The predicted molar refractivity (Wildman–Crippen MR) is 114 cm³/mol. The zero-order valence-corrected chi connectivity index (χ0v) is 18.6. The highest BCUT2D eigenvalue weighted by atomic mass is 16.2. The van der Waals surface area contributed by atoms with E-state index in [0.717, 1.165) is 30.5 Å². The Hall–Kier alpha value is -3.42. The van der Waals surface area contributed by atoms with Crippen molar-refractivity contribution < 1.29 is 14.4 Å². The van der Waals surface area contributed by atoms with E-state index in [4.69, 9.17) is 0 Å². The molecule has 1 spiro atoms. The fourth-order valence-electron chi connectivity index (χ4n) is 4.49. The lowest BCUT2D eigenvalue weighted by atomic mass is 9.88. The van der Waals surface area contributed by atoms with Crippen LogP contribution in [0.2, 0.25) is 0 Å². The van der Waals surface area contributed by atoms with Gasteiger partial charge in [-0.15, -0.1) is 0 Å². The van der Waals surface area contributed by atoms with Crippen LogP contribution >= 0.6 is 0 Å². The van der Waals surface area contributed by atoms with Crippen LogP contribution in [0.25, 0.3) is 0 Å². The van der Waals surface area contributed by atoms with Crippen molar-refractivity contribution >= 4 is 23.8 Å². The van der Waals surface area contributed by atoms with Crippen LogP contribution in [0, 0.1) is 16.7 Å². The van der Waals surface area contributed by atoms with Crippen LogP contribution in [0.5, 0.6) is 0 Å². The lowest BCUT2D eigenvalue weighted by molar-refractivity contribution is -0.125. The van der Waals surface area contributed by atoms with Gasteiger partial charge in [0.25, 0.3) is 5.91 Å². The number of rotatable bonds is 3. The monoisotopic (exact) mass is 440 g/mol. The van der Waals surface area contributed by atoms with Gasteiger partial charge in [-0.25, -0.2) is 20.0 Å². The van der Waals surface area contributed by atoms with Crippen LogP contribution in [-0.4, -0.2) is 58.0 Å². The third-order valence-electron chi connectivity index (χ3n) is 6.05. The summed E-state index contributed by atoms with van der Waals surface area (Å²) in [5.41, 5.74) is 3.71. The van der Waals surface area contributed by atoms with Crippen LogP contribution in [0.15, 0.2) is 0 Å². The Balaban J connectivity index is 1.53. The standard InChI is InChI=1S/C21H28N8O3/c1-20(2,3)12-29(16-13-5-4-6-14(13)23-15(11-22)24-16)27-19(32)28-9-7-21(8-10-28)17(30)25-18(31)26-21/h4-10,12H2,1-3H3,(H,27,32)(H2,25,26,30,31). The number of amides is 5. The first-order valence-corrected chi connectivity index (χ1v) is 10.9. The van der Waals surface area contributed by atoms with Gasteiger partial charge in [-0.2, -0.15) is 10.2 Å². The molecule has 1 aromatic rings. The van der Waals surface area contributed by atoms with Crippen LogP contribution in [0.4, 0.5) is 15.4 Å². The van der Waals surface area contributed by atoms with Crippen molar-refractivity contribution in [3.05, 3.63) is 17.1 Å². The number of imide groups is 1. The van der Waals surface area contributed by atoms with E-state index in [2.05, 4.69) is 46.8 Å². The van der Waals surface area contributed by atoms with E-state index >= 15 is 0 Å². The van der Waals surface area contributed by atoms with Gasteiger partial charge in [0.2, 0.25) is 5.82 Å². The van der Waals surface area contributed by atoms with Crippen LogP contribution in [0.3, 0.4) is 0 Å². The molecule has 3 aliphatic rings. The molecular formula is C21H28N8O3. The number of aryl methyl sites for hydroxylation is 1. The number of nitrogens with zero attached hydrogens (tertiary/aromatic N) is 5. The minimum absolute atomic E-state index is 0.0942. The molecule has 0 bridgehead atoms. The number of nitrogens with one attached hydrogen (secondary N) is 3. The first-order valence-electron chi connectivity index (χ1n) is 10.9. The summed E-state index contributed by atoms with van der Waals surface area (Å²) < 4.78 is 0. The number of nitriles is 1. The number of piperidine rings is 1. The Kier molecular flexibility index (Phi) is 5.40. The topological polar surface area (TPSA) is 143 Å². The second-order valence-corrected chi connectivity index (χ2v) is 9.80. The second-order valence-electron chi connectivity index (χ2n) is 9.80. The number of carbonyl (C=O) groups is 3. The Morgan fingerprint density at radius 3 is 2.56 bits per heavy atom. The smallest absolute Gasteiger partial charge is 0.323 e. The summed E-state index contributed by atoms with van der Waals surface area (Å²) in [5.74, 6) is 0.331. The van der Waals surface area contributed by atoms with Crippen molar-refractivity contribution in [3.8, 4) is 6.07 Å². The minimum atomic E-state index is -0.936. The molecule has 0 atom stereocenters. The molecule has 11 nitrogen and oxygen atoms in total. The van der Waals surface area contributed by atoms with Gasteiger partial charge in [-0.3, -0.25) is 15.1 Å². The highest BCUT2D eigenvalue weighted by Crippen LogP contribution is 2.30. The maximum absolute atomic E-state index is 13.1. The summed E-state index contributed by atoms with van der Waals surface area (Å²) in [6.45, 7) is 7.33. The molecule has 5 amide bonds. The normalized spacial score (nSPS) is 19.2. The van der Waals surface area contributed by atoms with Crippen molar-refractivity contribution in [3.63, 3.8) is 0 Å². The maximum atomic E-state index is 13.1. The summed E-state index contributed by atoms with van der Waals surface area (Å²) in [5, 5.41) is 16.1. The zero-order chi connectivity index (χ0) is 23.1. The lowest BCUT2D eigenvalue weighted by Gasteiger charge is -2.39. The highest BCUT2D eigenvalue weighted by molar-refractivity contribution is 6.07. The molecule has 32 heavy (non-hydrogen) atoms. The molecule has 3 N–H and O–H groups in total. The van der Waals surface area contributed by atoms with Gasteiger partial charge in [0.1, 0.15) is 11.6 Å². The van der Waals surface area contributed by atoms with Gasteiger partial charge < -0.3 is 10.2 Å². The third kappa shape index (κ3) is 4.17. The van der Waals surface area contributed by atoms with E-state index in [1.165, 1.54) is 0 Å².